The normalized spacial score (nSPS) is 11.3. The van der Waals surface area contributed by atoms with Gasteiger partial charge in [-0.05, 0) is 36.8 Å². The fourth-order valence-electron chi connectivity index (χ4n) is 2.78. The molecule has 0 aliphatic carbocycles. The molecule has 0 atom stereocenters. The highest BCUT2D eigenvalue weighted by molar-refractivity contribution is 7.19. The highest BCUT2D eigenvalue weighted by Gasteiger charge is 2.17. The maximum absolute atomic E-state index is 12.9. The van der Waals surface area contributed by atoms with Gasteiger partial charge in [-0.3, -0.25) is 4.79 Å². The summed E-state index contributed by atoms with van der Waals surface area (Å²) in [6, 6.07) is 12.6. The minimum absolute atomic E-state index is 0.238. The van der Waals surface area contributed by atoms with Gasteiger partial charge in [0.25, 0.3) is 5.56 Å². The third kappa shape index (κ3) is 3.60. The largest absolute Gasteiger partial charge is 0.294 e. The molecule has 2 aromatic heterocycles. The summed E-state index contributed by atoms with van der Waals surface area (Å²) in [7, 11) is 0. The Bertz CT molecular complexity index is 1220. The lowest BCUT2D eigenvalue weighted by Gasteiger charge is -2.09. The summed E-state index contributed by atoms with van der Waals surface area (Å²) in [5.74, 6) is 0. The van der Waals surface area contributed by atoms with E-state index in [1.807, 2.05) is 25.1 Å². The van der Waals surface area contributed by atoms with Crippen molar-refractivity contribution < 1.29 is 0 Å². The van der Waals surface area contributed by atoms with E-state index in [9.17, 15) is 4.79 Å². The average molecular weight is 437 g/mol. The first-order valence-corrected chi connectivity index (χ1v) is 9.95. The SMILES string of the molecule is Cc1nc2c(=O)n(Cc3ccc(Cl)c(Cl)c3)nc(-c3ccc(Cl)cc3)c2s1. The predicted octanol–water partition coefficient (Wildman–Crippen LogP) is 5.84. The smallest absolute Gasteiger partial charge is 0.265 e. The van der Waals surface area contributed by atoms with E-state index in [1.165, 1.54) is 16.0 Å². The molecule has 4 nitrogen and oxygen atoms in total. The molecule has 0 bridgehead atoms. The van der Waals surface area contributed by atoms with E-state index < -0.39 is 0 Å². The van der Waals surface area contributed by atoms with Crippen molar-refractivity contribution in [2.75, 3.05) is 0 Å². The number of aromatic nitrogens is 3. The van der Waals surface area contributed by atoms with Gasteiger partial charge >= 0.3 is 0 Å². The zero-order valence-electron chi connectivity index (χ0n) is 14.0. The monoisotopic (exact) mass is 435 g/mol. The first kappa shape index (κ1) is 18.4. The lowest BCUT2D eigenvalue weighted by atomic mass is 10.1. The average Bonchev–Trinajstić information content (AvgIpc) is 3.03. The second kappa shape index (κ2) is 7.24. The zero-order chi connectivity index (χ0) is 19.1. The fraction of sp³-hybridized carbons (Fsp3) is 0.105. The van der Waals surface area contributed by atoms with Gasteiger partial charge in [0.2, 0.25) is 0 Å². The van der Waals surface area contributed by atoms with Crippen molar-refractivity contribution in [1.82, 2.24) is 14.8 Å². The van der Waals surface area contributed by atoms with E-state index in [-0.39, 0.29) is 12.1 Å². The zero-order valence-corrected chi connectivity index (χ0v) is 17.1. The van der Waals surface area contributed by atoms with Gasteiger partial charge in [0, 0.05) is 10.6 Å². The van der Waals surface area contributed by atoms with Crippen LogP contribution in [0.1, 0.15) is 10.6 Å². The van der Waals surface area contributed by atoms with Gasteiger partial charge in [-0.15, -0.1) is 11.3 Å². The van der Waals surface area contributed by atoms with E-state index in [4.69, 9.17) is 34.8 Å². The highest BCUT2D eigenvalue weighted by atomic mass is 35.5. The topological polar surface area (TPSA) is 47.8 Å². The van der Waals surface area contributed by atoms with Crippen LogP contribution in [-0.4, -0.2) is 14.8 Å². The maximum Gasteiger partial charge on any atom is 0.294 e. The summed E-state index contributed by atoms with van der Waals surface area (Å²) in [5.41, 5.74) is 2.57. The van der Waals surface area contributed by atoms with Crippen molar-refractivity contribution in [2.24, 2.45) is 0 Å². The standard InChI is InChI=1S/C19H12Cl3N3OS/c1-10-23-17-18(27-10)16(12-3-5-13(20)6-4-12)24-25(19(17)26)9-11-2-7-14(21)15(22)8-11/h2-8H,9H2,1H3. The number of hydrogen-bond donors (Lipinski definition) is 0. The summed E-state index contributed by atoms with van der Waals surface area (Å²) < 4.78 is 2.18. The number of benzene rings is 2. The van der Waals surface area contributed by atoms with E-state index in [1.54, 1.807) is 24.3 Å². The molecule has 0 saturated carbocycles. The maximum atomic E-state index is 12.9. The number of nitrogens with zero attached hydrogens (tertiary/aromatic N) is 3. The summed E-state index contributed by atoms with van der Waals surface area (Å²) in [6.07, 6.45) is 0. The van der Waals surface area contributed by atoms with Crippen LogP contribution in [0, 0.1) is 6.92 Å². The fourth-order valence-corrected chi connectivity index (χ4v) is 4.14. The van der Waals surface area contributed by atoms with Crippen LogP contribution in [0.2, 0.25) is 15.1 Å². The van der Waals surface area contributed by atoms with Crippen LogP contribution in [0.25, 0.3) is 21.5 Å². The lowest BCUT2D eigenvalue weighted by Crippen LogP contribution is -2.24. The molecule has 0 saturated heterocycles. The lowest BCUT2D eigenvalue weighted by molar-refractivity contribution is 0.650. The van der Waals surface area contributed by atoms with Crippen LogP contribution in [-0.2, 0) is 6.54 Å². The van der Waals surface area contributed by atoms with Crippen molar-refractivity contribution in [3.8, 4) is 11.3 Å². The number of hydrogen-bond acceptors (Lipinski definition) is 4. The minimum atomic E-state index is -0.238. The van der Waals surface area contributed by atoms with Crippen molar-refractivity contribution >= 4 is 56.4 Å². The summed E-state index contributed by atoms with van der Waals surface area (Å²) in [4.78, 5) is 17.3. The molecule has 2 heterocycles. The van der Waals surface area contributed by atoms with Crippen LogP contribution in [0.4, 0.5) is 0 Å². The Kier molecular flexibility index (Phi) is 4.95. The van der Waals surface area contributed by atoms with E-state index in [2.05, 4.69) is 10.1 Å². The Morgan fingerprint density at radius 1 is 1.04 bits per heavy atom. The Labute approximate surface area is 174 Å². The molecule has 0 unspecified atom stereocenters. The van der Waals surface area contributed by atoms with Gasteiger partial charge in [0.1, 0.15) is 5.69 Å². The Balaban J connectivity index is 1.90. The molecule has 27 heavy (non-hydrogen) atoms. The predicted molar refractivity (Wildman–Crippen MR) is 112 cm³/mol. The minimum Gasteiger partial charge on any atom is -0.265 e. The van der Waals surface area contributed by atoms with Crippen LogP contribution < -0.4 is 5.56 Å². The van der Waals surface area contributed by atoms with Crippen molar-refractivity contribution in [3.05, 3.63) is 78.5 Å². The number of fused-ring (bicyclic) bond motifs is 1. The Hall–Kier alpha value is -1.92. The number of thiazole rings is 1. The summed E-state index contributed by atoms with van der Waals surface area (Å²) in [6.45, 7) is 2.14. The Morgan fingerprint density at radius 3 is 2.48 bits per heavy atom. The number of rotatable bonds is 3. The van der Waals surface area contributed by atoms with Crippen molar-refractivity contribution in [3.63, 3.8) is 0 Å². The molecular formula is C19H12Cl3N3OS. The molecule has 0 spiro atoms. The van der Waals surface area contributed by atoms with Gasteiger partial charge in [0.15, 0.2) is 5.52 Å². The number of aryl methyl sites for hydroxylation is 1. The van der Waals surface area contributed by atoms with Crippen LogP contribution >= 0.6 is 46.1 Å². The molecule has 2 aromatic carbocycles. The summed E-state index contributed by atoms with van der Waals surface area (Å²) >= 11 is 19.5. The number of halogens is 3. The molecule has 0 radical (unpaired) electrons. The second-order valence-corrected chi connectivity index (χ2v) is 8.43. The molecule has 8 heteroatoms. The molecule has 0 fully saturated rings. The third-order valence-electron chi connectivity index (χ3n) is 4.04. The van der Waals surface area contributed by atoms with Crippen LogP contribution in [0.15, 0.2) is 47.3 Å². The molecule has 0 amide bonds. The third-order valence-corrected chi connectivity index (χ3v) is 6.01. The van der Waals surface area contributed by atoms with E-state index in [0.29, 0.717) is 26.3 Å². The van der Waals surface area contributed by atoms with Crippen LogP contribution in [0.3, 0.4) is 0 Å². The molecule has 4 rings (SSSR count). The first-order valence-electron chi connectivity index (χ1n) is 8.00. The van der Waals surface area contributed by atoms with Gasteiger partial charge in [-0.25, -0.2) is 9.67 Å². The molecule has 136 valence electrons. The van der Waals surface area contributed by atoms with Gasteiger partial charge in [0.05, 0.1) is 26.3 Å². The highest BCUT2D eigenvalue weighted by Crippen LogP contribution is 2.30. The molecule has 4 aromatic rings. The van der Waals surface area contributed by atoms with E-state index >= 15 is 0 Å². The van der Waals surface area contributed by atoms with Gasteiger partial charge in [-0.1, -0.05) is 53.0 Å². The molecule has 0 aliphatic heterocycles. The molecular weight excluding hydrogens is 425 g/mol. The van der Waals surface area contributed by atoms with Crippen LogP contribution in [0.5, 0.6) is 0 Å². The van der Waals surface area contributed by atoms with Crippen molar-refractivity contribution in [2.45, 2.75) is 13.5 Å². The van der Waals surface area contributed by atoms with Gasteiger partial charge < -0.3 is 0 Å². The van der Waals surface area contributed by atoms with E-state index in [0.717, 1.165) is 20.8 Å². The Morgan fingerprint density at radius 2 is 1.78 bits per heavy atom. The molecule has 0 aliphatic rings. The summed E-state index contributed by atoms with van der Waals surface area (Å²) in [5, 5.41) is 6.97. The second-order valence-electron chi connectivity index (χ2n) is 5.98. The van der Waals surface area contributed by atoms with Crippen molar-refractivity contribution in [1.29, 1.82) is 0 Å². The quantitative estimate of drug-likeness (QED) is 0.405. The molecule has 0 N–H and O–H groups in total. The first-order chi connectivity index (χ1) is 12.9. The van der Waals surface area contributed by atoms with Gasteiger partial charge in [-0.2, -0.15) is 5.10 Å².